The molecule has 0 saturated carbocycles. The highest BCUT2D eigenvalue weighted by atomic mass is 79.9. The van der Waals surface area contributed by atoms with E-state index >= 15 is 0 Å². The van der Waals surface area contributed by atoms with Gasteiger partial charge in [-0.15, -0.1) is 0 Å². The van der Waals surface area contributed by atoms with E-state index in [0.717, 1.165) is 33.9 Å². The van der Waals surface area contributed by atoms with Crippen molar-refractivity contribution in [2.45, 2.75) is 26.9 Å². The zero-order valence-corrected chi connectivity index (χ0v) is 21.9. The summed E-state index contributed by atoms with van der Waals surface area (Å²) in [7, 11) is 0. The lowest BCUT2D eigenvalue weighted by atomic mass is 10.1. The van der Waals surface area contributed by atoms with Gasteiger partial charge in [-0.2, -0.15) is 23.0 Å². The van der Waals surface area contributed by atoms with Crippen LogP contribution in [0.15, 0.2) is 83.3 Å². The van der Waals surface area contributed by atoms with Crippen LogP contribution in [0.1, 0.15) is 22.4 Å². The van der Waals surface area contributed by atoms with Gasteiger partial charge >= 0.3 is 6.18 Å². The van der Waals surface area contributed by atoms with Gasteiger partial charge in [0, 0.05) is 16.7 Å². The van der Waals surface area contributed by atoms with Crippen LogP contribution in [0.4, 0.5) is 13.2 Å². The maximum absolute atomic E-state index is 14.0. The monoisotopic (exact) mass is 562 g/mol. The predicted molar refractivity (Wildman–Crippen MR) is 142 cm³/mol. The fourth-order valence-corrected chi connectivity index (χ4v) is 4.65. The molecule has 0 N–H and O–H groups in total. The molecule has 0 aliphatic carbocycles. The van der Waals surface area contributed by atoms with Crippen LogP contribution in [0.2, 0.25) is 0 Å². The van der Waals surface area contributed by atoms with Crippen molar-refractivity contribution in [3.8, 4) is 39.7 Å². The number of halogens is 4. The van der Waals surface area contributed by atoms with Crippen molar-refractivity contribution in [3.63, 3.8) is 0 Å². The van der Waals surface area contributed by atoms with Crippen molar-refractivity contribution < 1.29 is 13.2 Å². The Bertz CT molecular complexity index is 1570. The highest BCUT2D eigenvalue weighted by Crippen LogP contribution is 2.39. The number of hydrogen-bond acceptors (Lipinski definition) is 3. The van der Waals surface area contributed by atoms with E-state index in [9.17, 15) is 13.2 Å². The largest absolute Gasteiger partial charge is 0.433 e. The lowest BCUT2D eigenvalue weighted by molar-refractivity contribution is -0.141. The summed E-state index contributed by atoms with van der Waals surface area (Å²) in [5, 5.41) is 4.73. The third kappa shape index (κ3) is 5.06. The molecule has 0 unspecified atom stereocenters. The first-order valence-corrected chi connectivity index (χ1v) is 12.4. The second kappa shape index (κ2) is 9.59. The van der Waals surface area contributed by atoms with Gasteiger partial charge in [0.05, 0.1) is 15.9 Å². The summed E-state index contributed by atoms with van der Waals surface area (Å²) in [4.78, 5) is 8.48. The molecule has 0 aliphatic rings. The lowest BCUT2D eigenvalue weighted by Crippen LogP contribution is -2.14. The number of benzene rings is 3. The molecular formula is C29H22BrF3N4. The smallest absolute Gasteiger partial charge is 0.211 e. The predicted octanol–water partition coefficient (Wildman–Crippen LogP) is 8.37. The highest BCUT2D eigenvalue weighted by Gasteiger charge is 2.34. The van der Waals surface area contributed by atoms with Crippen molar-refractivity contribution in [3.05, 3.63) is 106 Å². The molecule has 0 saturated heterocycles. The number of rotatable bonds is 4. The normalized spacial score (nSPS) is 11.6. The molecule has 8 heteroatoms. The summed E-state index contributed by atoms with van der Waals surface area (Å²) in [5.74, 6) is -0.167. The molecule has 186 valence electrons. The number of aromatic nitrogens is 4. The van der Waals surface area contributed by atoms with Crippen LogP contribution in [0.5, 0.6) is 0 Å². The molecule has 0 fully saturated rings. The van der Waals surface area contributed by atoms with Crippen LogP contribution in [0.3, 0.4) is 0 Å². The maximum Gasteiger partial charge on any atom is 0.433 e. The van der Waals surface area contributed by atoms with Crippen molar-refractivity contribution in [1.29, 1.82) is 0 Å². The SMILES string of the molecule is Cc1ccc(-c2cc(C(F)(F)F)nc(-n3nc(-c4ccc(C)cc4)c(Br)c3-c3ccc(C)cc3)n2)cc1. The van der Waals surface area contributed by atoms with E-state index in [1.807, 2.05) is 81.4 Å². The third-order valence-corrected chi connectivity index (χ3v) is 6.77. The van der Waals surface area contributed by atoms with Crippen LogP contribution in [-0.4, -0.2) is 19.7 Å². The Labute approximate surface area is 221 Å². The summed E-state index contributed by atoms with van der Waals surface area (Å²) in [6.45, 7) is 5.87. The molecule has 5 rings (SSSR count). The zero-order valence-electron chi connectivity index (χ0n) is 20.3. The molecule has 0 radical (unpaired) electrons. The maximum atomic E-state index is 14.0. The second-order valence-electron chi connectivity index (χ2n) is 8.96. The summed E-state index contributed by atoms with van der Waals surface area (Å²) in [6, 6.07) is 23.6. The molecule has 2 heterocycles. The zero-order chi connectivity index (χ0) is 26.3. The Morgan fingerprint density at radius 2 is 1.16 bits per heavy atom. The van der Waals surface area contributed by atoms with E-state index in [1.54, 1.807) is 12.1 Å². The summed E-state index contributed by atoms with van der Waals surface area (Å²) in [5.41, 5.74) is 5.54. The molecule has 3 aromatic carbocycles. The van der Waals surface area contributed by atoms with E-state index in [2.05, 4.69) is 25.9 Å². The minimum absolute atomic E-state index is 0.163. The number of hydrogen-bond donors (Lipinski definition) is 0. The summed E-state index contributed by atoms with van der Waals surface area (Å²) < 4.78 is 43.9. The first kappa shape index (κ1) is 24.9. The van der Waals surface area contributed by atoms with Gasteiger partial charge in [-0.3, -0.25) is 0 Å². The quantitative estimate of drug-likeness (QED) is 0.221. The molecule has 37 heavy (non-hydrogen) atoms. The molecule has 0 spiro atoms. The molecule has 0 amide bonds. The molecule has 4 nitrogen and oxygen atoms in total. The van der Waals surface area contributed by atoms with Gasteiger partial charge in [-0.05, 0) is 42.8 Å². The molecule has 5 aromatic rings. The Morgan fingerprint density at radius 1 is 0.676 bits per heavy atom. The molecule has 0 aliphatic heterocycles. The second-order valence-corrected chi connectivity index (χ2v) is 9.75. The average molecular weight is 563 g/mol. The van der Waals surface area contributed by atoms with Gasteiger partial charge in [-0.1, -0.05) is 89.5 Å². The Kier molecular flexibility index (Phi) is 6.45. The molecule has 0 atom stereocenters. The Morgan fingerprint density at radius 3 is 1.68 bits per heavy atom. The van der Waals surface area contributed by atoms with Gasteiger partial charge in [0.15, 0.2) is 5.69 Å². The fourth-order valence-electron chi connectivity index (χ4n) is 3.95. The van der Waals surface area contributed by atoms with E-state index in [1.165, 1.54) is 4.68 Å². The number of aryl methyl sites for hydroxylation is 3. The molecular weight excluding hydrogens is 541 g/mol. The Hall–Kier alpha value is -3.78. The summed E-state index contributed by atoms with van der Waals surface area (Å²) >= 11 is 3.68. The van der Waals surface area contributed by atoms with Gasteiger partial charge in [0.25, 0.3) is 5.95 Å². The van der Waals surface area contributed by atoms with Gasteiger partial charge in [-0.25, -0.2) is 9.97 Å². The number of nitrogens with zero attached hydrogens (tertiary/aromatic N) is 4. The van der Waals surface area contributed by atoms with Crippen LogP contribution in [0.25, 0.3) is 39.7 Å². The molecule has 2 aromatic heterocycles. The van der Waals surface area contributed by atoms with E-state index < -0.39 is 11.9 Å². The fraction of sp³-hybridized carbons (Fsp3) is 0.138. The topological polar surface area (TPSA) is 43.6 Å². The minimum Gasteiger partial charge on any atom is -0.211 e. The molecule has 0 bridgehead atoms. The van der Waals surface area contributed by atoms with E-state index in [0.29, 0.717) is 21.4 Å². The lowest BCUT2D eigenvalue weighted by Gasteiger charge is -2.13. The minimum atomic E-state index is -4.66. The van der Waals surface area contributed by atoms with Crippen LogP contribution >= 0.6 is 15.9 Å². The summed E-state index contributed by atoms with van der Waals surface area (Å²) in [6.07, 6.45) is -4.66. The van der Waals surface area contributed by atoms with E-state index in [-0.39, 0.29) is 11.6 Å². The first-order valence-electron chi connectivity index (χ1n) is 11.6. The van der Waals surface area contributed by atoms with Gasteiger partial charge in [0.1, 0.15) is 5.69 Å². The first-order chi connectivity index (χ1) is 17.6. The van der Waals surface area contributed by atoms with Crippen molar-refractivity contribution >= 4 is 15.9 Å². The van der Waals surface area contributed by atoms with Crippen LogP contribution in [-0.2, 0) is 6.18 Å². The van der Waals surface area contributed by atoms with Crippen molar-refractivity contribution in [2.75, 3.05) is 0 Å². The van der Waals surface area contributed by atoms with Crippen molar-refractivity contribution in [1.82, 2.24) is 19.7 Å². The Balaban J connectivity index is 1.78. The average Bonchev–Trinajstić information content (AvgIpc) is 3.21. The number of alkyl halides is 3. The third-order valence-electron chi connectivity index (χ3n) is 6.02. The highest BCUT2D eigenvalue weighted by molar-refractivity contribution is 9.10. The van der Waals surface area contributed by atoms with Crippen molar-refractivity contribution in [2.24, 2.45) is 0 Å². The van der Waals surface area contributed by atoms with Gasteiger partial charge in [0.2, 0.25) is 0 Å². The van der Waals surface area contributed by atoms with Gasteiger partial charge < -0.3 is 0 Å². The van der Waals surface area contributed by atoms with Crippen LogP contribution in [0, 0.1) is 20.8 Å². The van der Waals surface area contributed by atoms with E-state index in [4.69, 9.17) is 5.10 Å². The standard InChI is InChI=1S/C29H22BrF3N4/c1-17-4-10-20(11-5-17)23-16-24(29(31,32)33)35-28(34-23)37-27(22-14-8-19(3)9-15-22)25(30)26(36-37)21-12-6-18(2)7-13-21/h4-16H,1-3H3. The van der Waals surface area contributed by atoms with Crippen LogP contribution < -0.4 is 0 Å².